The lowest BCUT2D eigenvalue weighted by atomic mass is 9.71. The third kappa shape index (κ3) is 2.49. The molecule has 21 heavy (non-hydrogen) atoms. The molecule has 1 aliphatic heterocycles. The van der Waals surface area contributed by atoms with Crippen LogP contribution >= 0.6 is 12.6 Å². The third-order valence-corrected chi connectivity index (χ3v) is 5.48. The molecule has 0 spiro atoms. The Labute approximate surface area is 134 Å². The van der Waals surface area contributed by atoms with Crippen LogP contribution in [-0.4, -0.2) is 18.3 Å². The van der Waals surface area contributed by atoms with Crippen molar-refractivity contribution in [2.24, 2.45) is 0 Å². The topological polar surface area (TPSA) is 44.5 Å². The molecule has 0 atom stereocenters. The van der Waals surface area contributed by atoms with Gasteiger partial charge in [-0.05, 0) is 76.2 Å². The van der Waals surface area contributed by atoms with Crippen LogP contribution in [0, 0.1) is 20.8 Å². The van der Waals surface area contributed by atoms with Crippen LogP contribution in [0.4, 0.5) is 5.69 Å². The molecule has 1 heterocycles. The Hall–Kier alpha value is -0.645. The quantitative estimate of drug-likeness (QED) is 0.502. The van der Waals surface area contributed by atoms with Crippen LogP contribution in [0.15, 0.2) is 0 Å². The van der Waals surface area contributed by atoms with Crippen LogP contribution in [0.5, 0.6) is 0 Å². The zero-order valence-corrected chi connectivity index (χ0v) is 15.0. The molecule has 1 fully saturated rings. The Bertz CT molecular complexity index is 568. The van der Waals surface area contributed by atoms with Gasteiger partial charge in [0.15, 0.2) is 0 Å². The monoisotopic (exact) mass is 307 g/mol. The van der Waals surface area contributed by atoms with Gasteiger partial charge in [0.25, 0.3) is 0 Å². The molecule has 0 aliphatic carbocycles. The van der Waals surface area contributed by atoms with Crippen molar-refractivity contribution in [3.8, 4) is 0 Å². The van der Waals surface area contributed by atoms with Crippen LogP contribution in [0.3, 0.4) is 0 Å². The molecule has 1 aliphatic rings. The second kappa shape index (κ2) is 5.22. The Morgan fingerprint density at radius 3 is 1.86 bits per heavy atom. The summed E-state index contributed by atoms with van der Waals surface area (Å²) in [5, 5.41) is 0. The van der Waals surface area contributed by atoms with E-state index in [-0.39, 0.29) is 18.3 Å². The van der Waals surface area contributed by atoms with Crippen molar-refractivity contribution in [1.82, 2.24) is 0 Å². The van der Waals surface area contributed by atoms with Crippen molar-refractivity contribution < 1.29 is 9.31 Å². The summed E-state index contributed by atoms with van der Waals surface area (Å²) < 4.78 is 12.4. The van der Waals surface area contributed by atoms with E-state index in [2.05, 4.69) is 54.2 Å². The Kier molecular flexibility index (Phi) is 4.15. The van der Waals surface area contributed by atoms with Gasteiger partial charge >= 0.3 is 7.12 Å². The van der Waals surface area contributed by atoms with E-state index in [1.807, 2.05) is 6.92 Å². The van der Waals surface area contributed by atoms with E-state index in [0.29, 0.717) is 5.75 Å². The maximum Gasteiger partial charge on any atom is 0.495 e. The minimum Gasteiger partial charge on any atom is -0.399 e. The first kappa shape index (κ1) is 16.7. The first-order valence-corrected chi connectivity index (χ1v) is 8.01. The normalized spacial score (nSPS) is 20.1. The second-order valence-corrected chi connectivity index (χ2v) is 7.24. The molecule has 0 amide bonds. The van der Waals surface area contributed by atoms with Crippen molar-refractivity contribution in [2.45, 2.75) is 65.4 Å². The minimum atomic E-state index is -0.378. The Morgan fingerprint density at radius 2 is 1.43 bits per heavy atom. The molecule has 1 aromatic carbocycles. The number of nitrogen functional groups attached to an aromatic ring is 1. The standard InChI is InChI=1S/C16H26BNO2S/c1-9-12(8-21)10(2)14(18)11(3)13(9)17-19-15(4,5)16(6,7)20-17/h21H,8,18H2,1-7H3. The fraction of sp³-hybridized carbons (Fsp3) is 0.625. The van der Waals surface area contributed by atoms with Gasteiger partial charge in [-0.2, -0.15) is 12.6 Å². The van der Waals surface area contributed by atoms with Crippen LogP contribution in [0.2, 0.25) is 0 Å². The number of hydrogen-bond acceptors (Lipinski definition) is 4. The fourth-order valence-corrected chi connectivity index (χ4v) is 3.34. The number of anilines is 1. The van der Waals surface area contributed by atoms with Crippen molar-refractivity contribution in [1.29, 1.82) is 0 Å². The molecule has 1 aromatic rings. The number of thiol groups is 1. The molecule has 3 nitrogen and oxygen atoms in total. The van der Waals surface area contributed by atoms with Gasteiger partial charge in [-0.15, -0.1) is 0 Å². The number of hydrogen-bond donors (Lipinski definition) is 2. The molecule has 116 valence electrons. The predicted molar refractivity (Wildman–Crippen MR) is 93.5 cm³/mol. The number of nitrogens with two attached hydrogens (primary N) is 1. The summed E-state index contributed by atoms with van der Waals surface area (Å²) in [6.45, 7) is 14.4. The Morgan fingerprint density at radius 1 is 0.952 bits per heavy atom. The first-order valence-electron chi connectivity index (χ1n) is 7.38. The molecule has 0 saturated carbocycles. The molecular weight excluding hydrogens is 281 g/mol. The van der Waals surface area contributed by atoms with Gasteiger partial charge in [0.1, 0.15) is 0 Å². The van der Waals surface area contributed by atoms with Gasteiger partial charge in [-0.3, -0.25) is 0 Å². The third-order valence-electron chi connectivity index (χ3n) is 5.17. The highest BCUT2D eigenvalue weighted by atomic mass is 32.1. The van der Waals surface area contributed by atoms with Crippen molar-refractivity contribution in [3.05, 3.63) is 22.3 Å². The van der Waals surface area contributed by atoms with E-state index in [1.165, 1.54) is 11.1 Å². The molecule has 2 N–H and O–H groups in total. The predicted octanol–water partition coefficient (Wildman–Crippen LogP) is 2.92. The highest BCUT2D eigenvalue weighted by Gasteiger charge is 2.52. The maximum absolute atomic E-state index is 6.29. The molecule has 0 radical (unpaired) electrons. The average molecular weight is 307 g/mol. The van der Waals surface area contributed by atoms with Gasteiger partial charge in [0.05, 0.1) is 11.2 Å². The Balaban J connectivity index is 2.59. The molecule has 0 unspecified atom stereocenters. The van der Waals surface area contributed by atoms with Gasteiger partial charge in [-0.1, -0.05) is 0 Å². The largest absolute Gasteiger partial charge is 0.495 e. The average Bonchev–Trinajstić information content (AvgIpc) is 2.56. The molecule has 5 heteroatoms. The summed E-state index contributed by atoms with van der Waals surface area (Å²) in [7, 11) is -0.378. The molecule has 1 saturated heterocycles. The van der Waals surface area contributed by atoms with E-state index >= 15 is 0 Å². The summed E-state index contributed by atoms with van der Waals surface area (Å²) in [5.74, 6) is 0.661. The molecule has 0 aromatic heterocycles. The number of benzene rings is 1. The van der Waals surface area contributed by atoms with Gasteiger partial charge < -0.3 is 15.0 Å². The first-order chi connectivity index (χ1) is 9.53. The SMILES string of the molecule is Cc1c(N)c(C)c(B2OC(C)(C)C(C)(C)O2)c(C)c1CS. The summed E-state index contributed by atoms with van der Waals surface area (Å²) in [6, 6.07) is 0. The molecule has 0 bridgehead atoms. The van der Waals surface area contributed by atoms with Crippen molar-refractivity contribution in [2.75, 3.05) is 5.73 Å². The van der Waals surface area contributed by atoms with Crippen LogP contribution in [-0.2, 0) is 15.1 Å². The molecule has 2 rings (SSSR count). The lowest BCUT2D eigenvalue weighted by Crippen LogP contribution is -2.41. The van der Waals surface area contributed by atoms with Crippen LogP contribution < -0.4 is 11.2 Å². The molecular formula is C16H26BNO2S. The maximum atomic E-state index is 6.29. The zero-order valence-electron chi connectivity index (χ0n) is 14.1. The van der Waals surface area contributed by atoms with Gasteiger partial charge in [0.2, 0.25) is 0 Å². The summed E-state index contributed by atoms with van der Waals surface area (Å²) >= 11 is 4.45. The van der Waals surface area contributed by atoms with E-state index in [1.54, 1.807) is 0 Å². The number of rotatable bonds is 2. The fourth-order valence-electron chi connectivity index (χ4n) is 2.87. The van der Waals surface area contributed by atoms with E-state index < -0.39 is 0 Å². The van der Waals surface area contributed by atoms with E-state index in [9.17, 15) is 0 Å². The second-order valence-electron chi connectivity index (χ2n) is 6.93. The summed E-state index contributed by atoms with van der Waals surface area (Å²) in [6.07, 6.45) is 0. The van der Waals surface area contributed by atoms with Gasteiger partial charge in [-0.25, -0.2) is 0 Å². The van der Waals surface area contributed by atoms with E-state index in [4.69, 9.17) is 15.0 Å². The van der Waals surface area contributed by atoms with Crippen molar-refractivity contribution >= 4 is 30.9 Å². The lowest BCUT2D eigenvalue weighted by molar-refractivity contribution is 0.00578. The summed E-state index contributed by atoms with van der Waals surface area (Å²) in [4.78, 5) is 0. The van der Waals surface area contributed by atoms with E-state index in [0.717, 1.165) is 22.3 Å². The highest BCUT2D eigenvalue weighted by Crippen LogP contribution is 2.38. The zero-order chi connectivity index (χ0) is 16.2. The van der Waals surface area contributed by atoms with Crippen LogP contribution in [0.25, 0.3) is 0 Å². The van der Waals surface area contributed by atoms with Crippen molar-refractivity contribution in [3.63, 3.8) is 0 Å². The van der Waals surface area contributed by atoms with Gasteiger partial charge in [0, 0.05) is 11.4 Å². The smallest absolute Gasteiger partial charge is 0.399 e. The van der Waals surface area contributed by atoms with Crippen LogP contribution in [0.1, 0.15) is 49.9 Å². The highest BCUT2D eigenvalue weighted by molar-refractivity contribution is 7.79. The lowest BCUT2D eigenvalue weighted by Gasteiger charge is -2.32. The summed E-state index contributed by atoms with van der Waals surface area (Å²) in [5.41, 5.74) is 12.0. The minimum absolute atomic E-state index is 0.350.